The van der Waals surface area contributed by atoms with Gasteiger partial charge in [-0.05, 0) is 24.3 Å². The molecule has 1 amide bonds. The predicted molar refractivity (Wildman–Crippen MR) is 87.6 cm³/mol. The van der Waals surface area contributed by atoms with Crippen LogP contribution >= 0.6 is 0 Å². The number of carbonyl (C=O) groups excluding carboxylic acids is 1. The summed E-state index contributed by atoms with van der Waals surface area (Å²) < 4.78 is 18.4. The molecule has 3 rings (SSSR count). The number of nitrogens with zero attached hydrogens (tertiary/aromatic N) is 2. The summed E-state index contributed by atoms with van der Waals surface area (Å²) in [6.45, 7) is -0.0157. The van der Waals surface area contributed by atoms with Gasteiger partial charge in [0.1, 0.15) is 5.82 Å². The number of rotatable bonds is 5. The van der Waals surface area contributed by atoms with Crippen LogP contribution in [0.3, 0.4) is 0 Å². The number of pyridine rings is 1. The van der Waals surface area contributed by atoms with E-state index in [0.29, 0.717) is 5.56 Å². The van der Waals surface area contributed by atoms with Crippen molar-refractivity contribution in [1.82, 2.24) is 20.4 Å². The SMILES string of the molecule is O=C(/C=C/c1ccccc1F)NCc1nc(-c2ccc[nH]c2=O)no1. The second-order valence-electron chi connectivity index (χ2n) is 5.00. The molecule has 0 aliphatic heterocycles. The molecule has 2 aromatic heterocycles. The Morgan fingerprint density at radius 1 is 1.28 bits per heavy atom. The van der Waals surface area contributed by atoms with E-state index >= 15 is 0 Å². The smallest absolute Gasteiger partial charge is 0.259 e. The maximum Gasteiger partial charge on any atom is 0.259 e. The molecule has 126 valence electrons. The average molecular weight is 340 g/mol. The van der Waals surface area contributed by atoms with Crippen LogP contribution in [-0.2, 0) is 11.3 Å². The Labute approximate surface area is 141 Å². The van der Waals surface area contributed by atoms with Gasteiger partial charge in [0.05, 0.1) is 12.1 Å². The normalized spacial score (nSPS) is 10.9. The van der Waals surface area contributed by atoms with E-state index in [4.69, 9.17) is 4.52 Å². The molecule has 25 heavy (non-hydrogen) atoms. The lowest BCUT2D eigenvalue weighted by Crippen LogP contribution is -2.20. The lowest BCUT2D eigenvalue weighted by molar-refractivity contribution is -0.116. The van der Waals surface area contributed by atoms with E-state index in [2.05, 4.69) is 20.4 Å². The van der Waals surface area contributed by atoms with Crippen molar-refractivity contribution in [1.29, 1.82) is 0 Å². The molecule has 0 fully saturated rings. The summed E-state index contributed by atoms with van der Waals surface area (Å²) in [5.41, 5.74) is 0.232. The number of hydrogen-bond acceptors (Lipinski definition) is 5. The quantitative estimate of drug-likeness (QED) is 0.691. The van der Waals surface area contributed by atoms with Crippen molar-refractivity contribution in [3.8, 4) is 11.4 Å². The zero-order valence-corrected chi connectivity index (χ0v) is 12.9. The summed E-state index contributed by atoms with van der Waals surface area (Å²) in [7, 11) is 0. The van der Waals surface area contributed by atoms with E-state index in [1.807, 2.05) is 0 Å². The van der Waals surface area contributed by atoms with Crippen LogP contribution in [-0.4, -0.2) is 21.0 Å². The first-order chi connectivity index (χ1) is 12.1. The molecular formula is C17H13FN4O3. The van der Waals surface area contributed by atoms with Gasteiger partial charge in [-0.2, -0.15) is 4.98 Å². The second kappa shape index (κ2) is 7.35. The van der Waals surface area contributed by atoms with Crippen molar-refractivity contribution in [2.75, 3.05) is 0 Å². The highest BCUT2D eigenvalue weighted by Crippen LogP contribution is 2.10. The predicted octanol–water partition coefficient (Wildman–Crippen LogP) is 1.89. The third-order valence-corrected chi connectivity index (χ3v) is 3.26. The van der Waals surface area contributed by atoms with Crippen LogP contribution in [0.1, 0.15) is 11.5 Å². The summed E-state index contributed by atoms with van der Waals surface area (Å²) in [6.07, 6.45) is 4.07. The van der Waals surface area contributed by atoms with Gasteiger partial charge in [-0.3, -0.25) is 9.59 Å². The molecule has 0 saturated carbocycles. The third-order valence-electron chi connectivity index (χ3n) is 3.26. The molecular weight excluding hydrogens is 327 g/mol. The van der Waals surface area contributed by atoms with E-state index in [0.717, 1.165) is 0 Å². The van der Waals surface area contributed by atoms with Crippen molar-refractivity contribution in [3.63, 3.8) is 0 Å². The molecule has 1 aromatic carbocycles. The van der Waals surface area contributed by atoms with E-state index in [1.165, 1.54) is 24.4 Å². The Bertz CT molecular complexity index is 978. The molecule has 8 heteroatoms. The summed E-state index contributed by atoms with van der Waals surface area (Å²) in [5, 5.41) is 6.24. The Morgan fingerprint density at radius 2 is 2.12 bits per heavy atom. The number of benzene rings is 1. The van der Waals surface area contributed by atoms with Crippen molar-refractivity contribution >= 4 is 12.0 Å². The number of aromatic amines is 1. The minimum absolute atomic E-state index is 0.0157. The number of hydrogen-bond donors (Lipinski definition) is 2. The number of halogens is 1. The maximum absolute atomic E-state index is 13.4. The molecule has 2 N–H and O–H groups in total. The fourth-order valence-corrected chi connectivity index (χ4v) is 2.03. The van der Waals surface area contributed by atoms with Crippen molar-refractivity contribution < 1.29 is 13.7 Å². The fraction of sp³-hybridized carbons (Fsp3) is 0.0588. The molecule has 0 aliphatic rings. The second-order valence-corrected chi connectivity index (χ2v) is 5.00. The Kier molecular flexibility index (Phi) is 4.79. The molecule has 0 bridgehead atoms. The van der Waals surface area contributed by atoms with Gasteiger partial charge in [0, 0.05) is 17.8 Å². The van der Waals surface area contributed by atoms with Crippen LogP contribution in [0.25, 0.3) is 17.5 Å². The molecule has 0 saturated heterocycles. The average Bonchev–Trinajstić information content (AvgIpc) is 3.08. The molecule has 0 atom stereocenters. The van der Waals surface area contributed by atoms with Gasteiger partial charge in [0.15, 0.2) is 0 Å². The summed E-state index contributed by atoms with van der Waals surface area (Å²) >= 11 is 0. The van der Waals surface area contributed by atoms with Crippen LogP contribution in [0.4, 0.5) is 4.39 Å². The van der Waals surface area contributed by atoms with E-state index in [-0.39, 0.29) is 29.4 Å². The molecule has 0 radical (unpaired) electrons. The Hall–Kier alpha value is -3.55. The van der Waals surface area contributed by atoms with Crippen LogP contribution in [0.15, 0.2) is 58.0 Å². The molecule has 2 heterocycles. The Balaban J connectivity index is 1.61. The first-order valence-electron chi connectivity index (χ1n) is 7.34. The van der Waals surface area contributed by atoms with Gasteiger partial charge in [-0.25, -0.2) is 4.39 Å². The van der Waals surface area contributed by atoms with Crippen LogP contribution < -0.4 is 10.9 Å². The molecule has 0 aliphatic carbocycles. The highest BCUT2D eigenvalue weighted by atomic mass is 19.1. The molecule has 0 unspecified atom stereocenters. The van der Waals surface area contributed by atoms with E-state index in [1.54, 1.807) is 30.3 Å². The first kappa shape index (κ1) is 16.3. The van der Waals surface area contributed by atoms with Crippen molar-refractivity contribution in [3.05, 3.63) is 76.3 Å². The molecule has 7 nitrogen and oxygen atoms in total. The van der Waals surface area contributed by atoms with Crippen LogP contribution in [0.2, 0.25) is 0 Å². The number of amides is 1. The van der Waals surface area contributed by atoms with Crippen LogP contribution in [0.5, 0.6) is 0 Å². The number of H-pyrrole nitrogens is 1. The Morgan fingerprint density at radius 3 is 2.92 bits per heavy atom. The number of aromatic nitrogens is 3. The standard InChI is InChI=1S/C17H13FN4O3/c18-13-6-2-1-4-11(13)7-8-14(23)20-10-15-21-16(22-25-15)12-5-3-9-19-17(12)24/h1-9H,10H2,(H,19,24)(H,20,23)/b8-7+. The third kappa shape index (κ3) is 4.05. The lowest BCUT2D eigenvalue weighted by Gasteiger charge is -1.98. The maximum atomic E-state index is 13.4. The summed E-state index contributed by atoms with van der Waals surface area (Å²) in [4.78, 5) is 30.0. The summed E-state index contributed by atoms with van der Waals surface area (Å²) in [5.74, 6) is -0.583. The van der Waals surface area contributed by atoms with Gasteiger partial charge in [0.25, 0.3) is 5.56 Å². The lowest BCUT2D eigenvalue weighted by atomic mass is 10.2. The van der Waals surface area contributed by atoms with Gasteiger partial charge in [-0.15, -0.1) is 0 Å². The van der Waals surface area contributed by atoms with Crippen molar-refractivity contribution in [2.45, 2.75) is 6.54 Å². The minimum atomic E-state index is -0.444. The van der Waals surface area contributed by atoms with Crippen molar-refractivity contribution in [2.24, 2.45) is 0 Å². The molecule has 0 spiro atoms. The van der Waals surface area contributed by atoms with Gasteiger partial charge < -0.3 is 14.8 Å². The van der Waals surface area contributed by atoms with E-state index in [9.17, 15) is 14.0 Å². The van der Waals surface area contributed by atoms with Gasteiger partial charge in [0.2, 0.25) is 17.6 Å². The largest absolute Gasteiger partial charge is 0.343 e. The first-order valence-corrected chi connectivity index (χ1v) is 7.34. The monoisotopic (exact) mass is 340 g/mol. The minimum Gasteiger partial charge on any atom is -0.343 e. The molecule has 3 aromatic rings. The zero-order valence-electron chi connectivity index (χ0n) is 12.9. The topological polar surface area (TPSA) is 101 Å². The zero-order chi connectivity index (χ0) is 17.6. The fourth-order valence-electron chi connectivity index (χ4n) is 2.03. The highest BCUT2D eigenvalue weighted by Gasteiger charge is 2.11. The summed E-state index contributed by atoms with van der Waals surface area (Å²) in [6, 6.07) is 9.30. The van der Waals surface area contributed by atoms with E-state index < -0.39 is 11.7 Å². The number of carbonyl (C=O) groups is 1. The highest BCUT2D eigenvalue weighted by molar-refractivity contribution is 5.91. The van der Waals surface area contributed by atoms with Gasteiger partial charge >= 0.3 is 0 Å². The van der Waals surface area contributed by atoms with Crippen LogP contribution in [0, 0.1) is 5.82 Å². The van der Waals surface area contributed by atoms with Gasteiger partial charge in [-0.1, -0.05) is 23.4 Å². The number of nitrogens with one attached hydrogen (secondary N) is 2.